The van der Waals surface area contributed by atoms with Crippen molar-refractivity contribution in [2.45, 2.75) is 19.4 Å². The molecule has 1 unspecified atom stereocenters. The molecule has 1 fully saturated rings. The first kappa shape index (κ1) is 10.9. The van der Waals surface area contributed by atoms with E-state index < -0.39 is 0 Å². The number of likely N-dealkylation sites (tertiary alicyclic amines) is 1. The van der Waals surface area contributed by atoms with Crippen molar-refractivity contribution in [2.75, 3.05) is 18.9 Å². The van der Waals surface area contributed by atoms with Gasteiger partial charge in [0.1, 0.15) is 11.9 Å². The highest BCUT2D eigenvalue weighted by Crippen LogP contribution is 2.19. The van der Waals surface area contributed by atoms with Gasteiger partial charge in [0.15, 0.2) is 0 Å². The maximum atomic E-state index is 13.5. The number of likely N-dealkylation sites (N-methyl/N-ethyl adjacent to an activating group) is 1. The molecule has 16 heavy (non-hydrogen) atoms. The molecule has 0 bridgehead atoms. The van der Waals surface area contributed by atoms with E-state index in [1.165, 1.54) is 6.07 Å². The minimum atomic E-state index is -0.303. The van der Waals surface area contributed by atoms with Crippen LogP contribution in [0.4, 0.5) is 10.1 Å². The van der Waals surface area contributed by atoms with Gasteiger partial charge in [0.25, 0.3) is 0 Å². The topological polar surface area (TPSA) is 32.3 Å². The van der Waals surface area contributed by atoms with Crippen molar-refractivity contribution in [3.63, 3.8) is 0 Å². The molecule has 1 amide bonds. The lowest BCUT2D eigenvalue weighted by molar-refractivity contribution is -0.127. The minimum Gasteiger partial charge on any atom is -0.371 e. The van der Waals surface area contributed by atoms with Crippen LogP contribution in [0.3, 0.4) is 0 Å². The molecule has 0 aliphatic carbocycles. The Balaban J connectivity index is 2.12. The molecule has 1 heterocycles. The molecule has 1 aliphatic heterocycles. The van der Waals surface area contributed by atoms with Gasteiger partial charge in [0.05, 0.1) is 5.69 Å². The number of hydrogen-bond acceptors (Lipinski definition) is 2. The zero-order valence-corrected chi connectivity index (χ0v) is 9.46. The third-order valence-corrected chi connectivity index (χ3v) is 2.88. The minimum absolute atomic E-state index is 0.0278. The number of halogens is 1. The molecular formula is C12H15FN2O. The third kappa shape index (κ3) is 2.01. The predicted octanol–water partition coefficient (Wildman–Crippen LogP) is 1.78. The SMILES string of the molecule is Cc1ccc(NC2CCN(C)C2=O)c(F)c1. The van der Waals surface area contributed by atoms with Crippen molar-refractivity contribution >= 4 is 11.6 Å². The predicted molar refractivity (Wildman–Crippen MR) is 60.8 cm³/mol. The van der Waals surface area contributed by atoms with Gasteiger partial charge in [0, 0.05) is 13.6 Å². The lowest BCUT2D eigenvalue weighted by Crippen LogP contribution is -2.31. The quantitative estimate of drug-likeness (QED) is 0.827. The second-order valence-corrected chi connectivity index (χ2v) is 4.23. The number of aryl methyl sites for hydroxylation is 1. The molecular weight excluding hydrogens is 207 g/mol. The van der Waals surface area contributed by atoms with Crippen LogP contribution < -0.4 is 5.32 Å². The second kappa shape index (κ2) is 4.12. The second-order valence-electron chi connectivity index (χ2n) is 4.23. The fourth-order valence-electron chi connectivity index (χ4n) is 1.88. The Kier molecular flexibility index (Phi) is 2.81. The lowest BCUT2D eigenvalue weighted by atomic mass is 10.2. The van der Waals surface area contributed by atoms with Crippen LogP contribution in [-0.2, 0) is 4.79 Å². The summed E-state index contributed by atoms with van der Waals surface area (Å²) >= 11 is 0. The molecule has 2 rings (SSSR count). The number of rotatable bonds is 2. The number of benzene rings is 1. The highest BCUT2D eigenvalue weighted by molar-refractivity contribution is 5.86. The van der Waals surface area contributed by atoms with Crippen molar-refractivity contribution < 1.29 is 9.18 Å². The van der Waals surface area contributed by atoms with E-state index in [4.69, 9.17) is 0 Å². The number of anilines is 1. The standard InChI is InChI=1S/C12H15FN2O/c1-8-3-4-10(9(13)7-8)14-11-5-6-15(2)12(11)16/h3-4,7,11,14H,5-6H2,1-2H3. The summed E-state index contributed by atoms with van der Waals surface area (Å²) in [5, 5.41) is 2.95. The summed E-state index contributed by atoms with van der Waals surface area (Å²) in [5.74, 6) is -0.276. The normalized spacial score (nSPS) is 20.3. The summed E-state index contributed by atoms with van der Waals surface area (Å²) in [4.78, 5) is 13.3. The van der Waals surface area contributed by atoms with E-state index in [-0.39, 0.29) is 17.8 Å². The van der Waals surface area contributed by atoms with Gasteiger partial charge in [0.2, 0.25) is 5.91 Å². The number of nitrogens with zero attached hydrogens (tertiary/aromatic N) is 1. The Bertz CT molecular complexity index is 419. The van der Waals surface area contributed by atoms with Crippen molar-refractivity contribution in [3.05, 3.63) is 29.6 Å². The van der Waals surface area contributed by atoms with Gasteiger partial charge in [-0.2, -0.15) is 0 Å². The van der Waals surface area contributed by atoms with Crippen LogP contribution in [0.1, 0.15) is 12.0 Å². The molecule has 1 aromatic carbocycles. The molecule has 1 saturated heterocycles. The van der Waals surface area contributed by atoms with Crippen LogP contribution in [-0.4, -0.2) is 30.4 Å². The van der Waals surface area contributed by atoms with E-state index in [9.17, 15) is 9.18 Å². The Morgan fingerprint density at radius 3 is 2.81 bits per heavy atom. The third-order valence-electron chi connectivity index (χ3n) is 2.88. The van der Waals surface area contributed by atoms with Crippen molar-refractivity contribution in [2.24, 2.45) is 0 Å². The molecule has 1 aliphatic rings. The molecule has 1 atom stereocenters. The fraction of sp³-hybridized carbons (Fsp3) is 0.417. The van der Waals surface area contributed by atoms with Crippen LogP contribution >= 0.6 is 0 Å². The zero-order valence-electron chi connectivity index (χ0n) is 9.46. The van der Waals surface area contributed by atoms with Gasteiger partial charge in [-0.05, 0) is 31.0 Å². The highest BCUT2D eigenvalue weighted by atomic mass is 19.1. The molecule has 1 N–H and O–H groups in total. The Hall–Kier alpha value is -1.58. The molecule has 0 aromatic heterocycles. The summed E-state index contributed by atoms with van der Waals surface area (Å²) in [6.07, 6.45) is 0.725. The molecule has 0 saturated carbocycles. The van der Waals surface area contributed by atoms with Gasteiger partial charge < -0.3 is 10.2 Å². The van der Waals surface area contributed by atoms with E-state index >= 15 is 0 Å². The van der Waals surface area contributed by atoms with Crippen LogP contribution in [0.2, 0.25) is 0 Å². The van der Waals surface area contributed by atoms with Crippen molar-refractivity contribution in [3.8, 4) is 0 Å². The van der Waals surface area contributed by atoms with Crippen LogP contribution in [0.15, 0.2) is 18.2 Å². The Labute approximate surface area is 94.3 Å². The van der Waals surface area contributed by atoms with Gasteiger partial charge in [-0.25, -0.2) is 4.39 Å². The summed E-state index contributed by atoms with van der Waals surface area (Å²) in [6.45, 7) is 2.56. The summed E-state index contributed by atoms with van der Waals surface area (Å²) in [6, 6.07) is 4.68. The lowest BCUT2D eigenvalue weighted by Gasteiger charge is -2.14. The first-order valence-corrected chi connectivity index (χ1v) is 5.35. The average Bonchev–Trinajstić information content (AvgIpc) is 2.54. The first-order chi connectivity index (χ1) is 7.58. The summed E-state index contributed by atoms with van der Waals surface area (Å²) in [5.41, 5.74) is 1.28. The molecule has 0 radical (unpaired) electrons. The number of carbonyl (C=O) groups is 1. The van der Waals surface area contributed by atoms with Gasteiger partial charge in [-0.1, -0.05) is 6.07 Å². The van der Waals surface area contributed by atoms with E-state index in [1.54, 1.807) is 18.0 Å². The zero-order chi connectivity index (χ0) is 11.7. The summed E-state index contributed by atoms with van der Waals surface area (Å²) in [7, 11) is 1.76. The van der Waals surface area contributed by atoms with Crippen LogP contribution in [0.5, 0.6) is 0 Å². The molecule has 4 heteroatoms. The van der Waals surface area contributed by atoms with E-state index in [0.29, 0.717) is 5.69 Å². The number of amides is 1. The van der Waals surface area contributed by atoms with E-state index in [1.807, 2.05) is 13.0 Å². The Morgan fingerprint density at radius 2 is 2.25 bits per heavy atom. The van der Waals surface area contributed by atoms with Crippen LogP contribution in [0.25, 0.3) is 0 Å². The molecule has 3 nitrogen and oxygen atoms in total. The van der Waals surface area contributed by atoms with Gasteiger partial charge in [-0.15, -0.1) is 0 Å². The smallest absolute Gasteiger partial charge is 0.244 e. The van der Waals surface area contributed by atoms with Crippen molar-refractivity contribution in [1.82, 2.24) is 4.90 Å². The fourth-order valence-corrected chi connectivity index (χ4v) is 1.88. The van der Waals surface area contributed by atoms with Gasteiger partial charge >= 0.3 is 0 Å². The molecule has 1 aromatic rings. The molecule has 86 valence electrons. The maximum absolute atomic E-state index is 13.5. The molecule has 0 spiro atoms. The first-order valence-electron chi connectivity index (χ1n) is 5.35. The largest absolute Gasteiger partial charge is 0.371 e. The average molecular weight is 222 g/mol. The number of carbonyl (C=O) groups excluding carboxylic acids is 1. The van der Waals surface area contributed by atoms with E-state index in [2.05, 4.69) is 5.32 Å². The van der Waals surface area contributed by atoms with Crippen molar-refractivity contribution in [1.29, 1.82) is 0 Å². The summed E-state index contributed by atoms with van der Waals surface area (Å²) < 4.78 is 13.5. The number of nitrogens with one attached hydrogen (secondary N) is 1. The highest BCUT2D eigenvalue weighted by Gasteiger charge is 2.29. The maximum Gasteiger partial charge on any atom is 0.244 e. The monoisotopic (exact) mass is 222 g/mol. The Morgan fingerprint density at radius 1 is 1.50 bits per heavy atom. The van der Waals surface area contributed by atoms with Gasteiger partial charge in [-0.3, -0.25) is 4.79 Å². The van der Waals surface area contributed by atoms with E-state index in [0.717, 1.165) is 18.5 Å². The number of hydrogen-bond donors (Lipinski definition) is 1. The van der Waals surface area contributed by atoms with Crippen LogP contribution in [0, 0.1) is 12.7 Å².